The Balaban J connectivity index is 1.76. The smallest absolute Gasteiger partial charge is 0.0544 e. The average Bonchev–Trinajstić information content (AvgIpc) is 2.43. The molecule has 1 aliphatic heterocycles. The number of benzene rings is 1. The number of rotatable bonds is 2. The van der Waals surface area contributed by atoms with Crippen molar-refractivity contribution in [1.29, 1.82) is 0 Å². The van der Waals surface area contributed by atoms with Crippen molar-refractivity contribution < 1.29 is 0 Å². The van der Waals surface area contributed by atoms with E-state index in [4.69, 9.17) is 0 Å². The minimum absolute atomic E-state index is 0.914. The van der Waals surface area contributed by atoms with Gasteiger partial charge in [-0.05, 0) is 23.3 Å². The molecule has 0 unspecified atom stereocenters. The van der Waals surface area contributed by atoms with Crippen LogP contribution in [0.3, 0.4) is 0 Å². The summed E-state index contributed by atoms with van der Waals surface area (Å²) in [6.45, 7) is 4.99. The van der Waals surface area contributed by atoms with Crippen LogP contribution >= 0.6 is 0 Å². The van der Waals surface area contributed by atoms with Gasteiger partial charge in [-0.1, -0.05) is 30.3 Å². The Morgan fingerprint density at radius 1 is 1.05 bits per heavy atom. The van der Waals surface area contributed by atoms with Gasteiger partial charge in [0.25, 0.3) is 0 Å². The average molecular weight is 253 g/mol. The summed E-state index contributed by atoms with van der Waals surface area (Å²) in [5.41, 5.74) is 3.97. The molecule has 98 valence electrons. The summed E-state index contributed by atoms with van der Waals surface area (Å²) in [7, 11) is 0. The van der Waals surface area contributed by atoms with Crippen LogP contribution in [-0.4, -0.2) is 23.0 Å². The molecule has 1 aromatic heterocycles. The van der Waals surface area contributed by atoms with Crippen LogP contribution < -0.4 is 5.32 Å². The zero-order chi connectivity index (χ0) is 12.9. The molecule has 0 amide bonds. The van der Waals surface area contributed by atoms with E-state index >= 15 is 0 Å². The monoisotopic (exact) mass is 253 g/mol. The van der Waals surface area contributed by atoms with Crippen molar-refractivity contribution in [2.45, 2.75) is 19.6 Å². The van der Waals surface area contributed by atoms with Crippen LogP contribution in [0, 0.1) is 0 Å². The minimum atomic E-state index is 0.914. The Labute approximate surface area is 114 Å². The summed E-state index contributed by atoms with van der Waals surface area (Å²) < 4.78 is 0. The van der Waals surface area contributed by atoms with Crippen molar-refractivity contribution >= 4 is 0 Å². The van der Waals surface area contributed by atoms with Crippen molar-refractivity contribution in [3.63, 3.8) is 0 Å². The molecule has 3 rings (SSSR count). The molecule has 2 aromatic rings. The van der Waals surface area contributed by atoms with Gasteiger partial charge in [-0.2, -0.15) is 0 Å². The van der Waals surface area contributed by atoms with Gasteiger partial charge in [-0.3, -0.25) is 9.88 Å². The molecule has 1 aliphatic rings. The number of fused-ring (bicyclic) bond motifs is 1. The second-order valence-corrected chi connectivity index (χ2v) is 4.98. The lowest BCUT2D eigenvalue weighted by Crippen LogP contribution is -2.34. The zero-order valence-corrected chi connectivity index (χ0v) is 11.0. The highest BCUT2D eigenvalue weighted by atomic mass is 15.1. The van der Waals surface area contributed by atoms with Gasteiger partial charge in [0, 0.05) is 38.9 Å². The quantitative estimate of drug-likeness (QED) is 0.889. The van der Waals surface area contributed by atoms with E-state index < -0.39 is 0 Å². The predicted octanol–water partition coefficient (Wildman–Crippen LogP) is 2.19. The van der Waals surface area contributed by atoms with Crippen LogP contribution in [0.15, 0.2) is 48.7 Å². The van der Waals surface area contributed by atoms with Crippen molar-refractivity contribution in [1.82, 2.24) is 15.2 Å². The molecule has 19 heavy (non-hydrogen) atoms. The fourth-order valence-corrected chi connectivity index (χ4v) is 2.52. The zero-order valence-electron chi connectivity index (χ0n) is 11.0. The van der Waals surface area contributed by atoms with E-state index in [1.807, 2.05) is 12.3 Å². The molecule has 3 nitrogen and oxygen atoms in total. The fourth-order valence-electron chi connectivity index (χ4n) is 2.52. The number of nitrogens with zero attached hydrogens (tertiary/aromatic N) is 2. The van der Waals surface area contributed by atoms with Crippen molar-refractivity contribution in [2.24, 2.45) is 0 Å². The molecular formula is C16H19N3. The number of pyridine rings is 1. The lowest BCUT2D eigenvalue weighted by Gasteiger charge is -2.26. The van der Waals surface area contributed by atoms with Gasteiger partial charge < -0.3 is 5.32 Å². The van der Waals surface area contributed by atoms with Gasteiger partial charge in [0.05, 0.1) is 5.69 Å². The fraction of sp³-hybridized carbons (Fsp3) is 0.312. The van der Waals surface area contributed by atoms with Crippen LogP contribution in [0.25, 0.3) is 0 Å². The first-order valence-corrected chi connectivity index (χ1v) is 6.81. The topological polar surface area (TPSA) is 28.2 Å². The SMILES string of the molecule is c1ccc(CN2CCNCc3ccccc3C2)nc1. The summed E-state index contributed by atoms with van der Waals surface area (Å²) in [6.07, 6.45) is 1.87. The van der Waals surface area contributed by atoms with Crippen LogP contribution in [0.2, 0.25) is 0 Å². The van der Waals surface area contributed by atoms with E-state index in [0.717, 1.165) is 38.4 Å². The summed E-state index contributed by atoms with van der Waals surface area (Å²) in [6, 6.07) is 14.8. The van der Waals surface area contributed by atoms with Gasteiger partial charge in [0.1, 0.15) is 0 Å². The minimum Gasteiger partial charge on any atom is -0.311 e. The molecule has 2 heterocycles. The van der Waals surface area contributed by atoms with E-state index in [1.165, 1.54) is 11.1 Å². The van der Waals surface area contributed by atoms with E-state index in [0.29, 0.717) is 0 Å². The van der Waals surface area contributed by atoms with Crippen LogP contribution in [-0.2, 0) is 19.6 Å². The van der Waals surface area contributed by atoms with Gasteiger partial charge in [0.2, 0.25) is 0 Å². The number of hydrogen-bond acceptors (Lipinski definition) is 3. The number of hydrogen-bond donors (Lipinski definition) is 1. The summed E-state index contributed by atoms with van der Waals surface area (Å²) in [5, 5.41) is 3.50. The number of nitrogens with one attached hydrogen (secondary N) is 1. The Bertz CT molecular complexity index is 525. The molecule has 0 aliphatic carbocycles. The summed E-state index contributed by atoms with van der Waals surface area (Å²) in [4.78, 5) is 6.87. The third kappa shape index (κ3) is 3.19. The van der Waals surface area contributed by atoms with Crippen LogP contribution in [0.4, 0.5) is 0 Å². The molecule has 1 N–H and O–H groups in total. The molecule has 0 bridgehead atoms. The Hall–Kier alpha value is -1.71. The first-order chi connectivity index (χ1) is 9.42. The van der Waals surface area contributed by atoms with E-state index in [-0.39, 0.29) is 0 Å². The van der Waals surface area contributed by atoms with Crippen LogP contribution in [0.1, 0.15) is 16.8 Å². The summed E-state index contributed by atoms with van der Waals surface area (Å²) in [5.74, 6) is 0. The van der Waals surface area contributed by atoms with Crippen LogP contribution in [0.5, 0.6) is 0 Å². The van der Waals surface area contributed by atoms with Crippen molar-refractivity contribution in [2.75, 3.05) is 13.1 Å². The van der Waals surface area contributed by atoms with E-state index in [2.05, 4.69) is 51.6 Å². The molecule has 0 saturated heterocycles. The highest BCUT2D eigenvalue weighted by molar-refractivity contribution is 5.27. The van der Waals surface area contributed by atoms with Gasteiger partial charge in [0.15, 0.2) is 0 Å². The molecule has 0 atom stereocenters. The Morgan fingerprint density at radius 3 is 2.74 bits per heavy atom. The van der Waals surface area contributed by atoms with Crippen molar-refractivity contribution in [3.8, 4) is 0 Å². The molecule has 1 aromatic carbocycles. The van der Waals surface area contributed by atoms with Gasteiger partial charge in [-0.25, -0.2) is 0 Å². The molecule has 0 fully saturated rings. The maximum atomic E-state index is 4.42. The second kappa shape index (κ2) is 5.95. The second-order valence-electron chi connectivity index (χ2n) is 4.98. The third-order valence-electron chi connectivity index (χ3n) is 3.54. The molecule has 3 heteroatoms. The lowest BCUT2D eigenvalue weighted by molar-refractivity contribution is 0.247. The summed E-state index contributed by atoms with van der Waals surface area (Å²) >= 11 is 0. The standard InChI is InChI=1S/C16H19N3/c1-2-6-15-12-19(10-9-17-11-14(15)5-1)13-16-7-3-4-8-18-16/h1-8,17H,9-13H2. The van der Waals surface area contributed by atoms with Gasteiger partial charge in [-0.15, -0.1) is 0 Å². The molecule has 0 saturated carbocycles. The van der Waals surface area contributed by atoms with Crippen molar-refractivity contribution in [3.05, 3.63) is 65.5 Å². The molecule has 0 spiro atoms. The largest absolute Gasteiger partial charge is 0.311 e. The highest BCUT2D eigenvalue weighted by Crippen LogP contribution is 2.15. The van der Waals surface area contributed by atoms with Gasteiger partial charge >= 0.3 is 0 Å². The van der Waals surface area contributed by atoms with E-state index in [1.54, 1.807) is 0 Å². The maximum absolute atomic E-state index is 4.42. The molecular weight excluding hydrogens is 234 g/mol. The third-order valence-corrected chi connectivity index (χ3v) is 3.54. The molecule has 0 radical (unpaired) electrons. The maximum Gasteiger partial charge on any atom is 0.0544 e. The Kier molecular flexibility index (Phi) is 3.86. The first-order valence-electron chi connectivity index (χ1n) is 6.81. The Morgan fingerprint density at radius 2 is 1.89 bits per heavy atom. The van der Waals surface area contributed by atoms with E-state index in [9.17, 15) is 0 Å². The number of aromatic nitrogens is 1. The normalized spacial score (nSPS) is 16.4. The lowest BCUT2D eigenvalue weighted by atomic mass is 10.1. The highest BCUT2D eigenvalue weighted by Gasteiger charge is 2.12. The first kappa shape index (κ1) is 12.3. The predicted molar refractivity (Wildman–Crippen MR) is 76.5 cm³/mol.